The van der Waals surface area contributed by atoms with E-state index >= 15 is 0 Å². The monoisotopic (exact) mass is 531 g/mol. The van der Waals surface area contributed by atoms with Crippen molar-refractivity contribution in [1.29, 1.82) is 0 Å². The summed E-state index contributed by atoms with van der Waals surface area (Å²) in [5.41, 5.74) is 4.12. The van der Waals surface area contributed by atoms with Gasteiger partial charge in [-0.2, -0.15) is 5.10 Å². The van der Waals surface area contributed by atoms with Gasteiger partial charge in [-0.05, 0) is 31.2 Å². The molecule has 1 heterocycles. The molecule has 0 aliphatic carbocycles. The lowest BCUT2D eigenvalue weighted by Gasteiger charge is -2.13. The van der Waals surface area contributed by atoms with Gasteiger partial charge in [-0.15, -0.1) is 0 Å². The van der Waals surface area contributed by atoms with Gasteiger partial charge in [-0.1, -0.05) is 30.3 Å². The first-order valence-electron chi connectivity index (χ1n) is 11.6. The number of benzene rings is 3. The molecule has 0 atom stereocenters. The van der Waals surface area contributed by atoms with Gasteiger partial charge in [0.25, 0.3) is 17.2 Å². The van der Waals surface area contributed by atoms with E-state index in [4.69, 9.17) is 14.2 Å². The highest BCUT2D eigenvalue weighted by Crippen LogP contribution is 2.38. The van der Waals surface area contributed by atoms with Crippen molar-refractivity contribution < 1.29 is 23.9 Å². The van der Waals surface area contributed by atoms with Gasteiger partial charge in [0.15, 0.2) is 11.5 Å². The van der Waals surface area contributed by atoms with Crippen molar-refractivity contribution in [3.63, 3.8) is 0 Å². The number of rotatable bonds is 9. The quantitative estimate of drug-likeness (QED) is 0.189. The number of H-pyrrole nitrogens is 1. The molecule has 0 unspecified atom stereocenters. The Balaban J connectivity index is 1.73. The van der Waals surface area contributed by atoms with E-state index in [9.17, 15) is 19.7 Å². The minimum atomic E-state index is -0.568. The van der Waals surface area contributed by atoms with E-state index < -0.39 is 16.4 Å². The third-order valence-electron chi connectivity index (χ3n) is 5.89. The topological polar surface area (TPSA) is 150 Å². The van der Waals surface area contributed by atoms with E-state index in [1.165, 1.54) is 62.4 Å². The maximum absolute atomic E-state index is 13.5. The minimum absolute atomic E-state index is 0.103. The van der Waals surface area contributed by atoms with E-state index in [0.717, 1.165) is 0 Å². The normalized spacial score (nSPS) is 11.1. The summed E-state index contributed by atoms with van der Waals surface area (Å²) in [6.45, 7) is 1.59. The average Bonchev–Trinajstić information content (AvgIpc) is 3.32. The number of methoxy groups -OCH3 is 3. The summed E-state index contributed by atoms with van der Waals surface area (Å²) in [7, 11) is 4.33. The summed E-state index contributed by atoms with van der Waals surface area (Å²) in [5.74, 6) is 0.361. The summed E-state index contributed by atoms with van der Waals surface area (Å²) in [4.78, 5) is 37.0. The molecule has 0 bridgehead atoms. The minimum Gasteiger partial charge on any atom is -0.493 e. The number of carbonyl (C=O) groups excluding carboxylic acids is 1. The number of non-ortho nitro benzene ring substituents is 1. The van der Waals surface area contributed by atoms with Gasteiger partial charge in [-0.3, -0.25) is 24.8 Å². The van der Waals surface area contributed by atoms with E-state index in [2.05, 4.69) is 15.6 Å². The predicted molar refractivity (Wildman–Crippen MR) is 144 cm³/mol. The Bertz CT molecular complexity index is 1580. The second-order valence-corrected chi connectivity index (χ2v) is 8.19. The van der Waals surface area contributed by atoms with Crippen molar-refractivity contribution in [3.05, 3.63) is 98.3 Å². The number of aromatic nitrogens is 2. The summed E-state index contributed by atoms with van der Waals surface area (Å²) in [5, 5.41) is 18.3. The molecule has 12 nitrogen and oxygen atoms in total. The molecule has 0 fully saturated rings. The number of hydrogen-bond acceptors (Lipinski definition) is 8. The fourth-order valence-corrected chi connectivity index (χ4v) is 3.96. The lowest BCUT2D eigenvalue weighted by molar-refractivity contribution is -0.384. The number of hydrogen-bond donors (Lipinski definition) is 2. The van der Waals surface area contributed by atoms with Gasteiger partial charge in [0.1, 0.15) is 0 Å². The second-order valence-electron chi connectivity index (χ2n) is 8.19. The first-order chi connectivity index (χ1) is 18.8. The van der Waals surface area contributed by atoms with Gasteiger partial charge < -0.3 is 14.2 Å². The first kappa shape index (κ1) is 26.7. The van der Waals surface area contributed by atoms with Gasteiger partial charge in [-0.25, -0.2) is 10.1 Å². The predicted octanol–water partition coefficient (Wildman–Crippen LogP) is 3.92. The summed E-state index contributed by atoms with van der Waals surface area (Å²) < 4.78 is 17.2. The van der Waals surface area contributed by atoms with E-state index in [0.29, 0.717) is 34.2 Å². The molecule has 39 heavy (non-hydrogen) atoms. The lowest BCUT2D eigenvalue weighted by Crippen LogP contribution is -2.23. The molecule has 1 amide bonds. The Labute approximate surface area is 222 Å². The maximum Gasteiger partial charge on any atom is 0.281 e. The molecule has 0 saturated heterocycles. The average molecular weight is 532 g/mol. The van der Waals surface area contributed by atoms with Crippen LogP contribution in [0.2, 0.25) is 0 Å². The zero-order valence-electron chi connectivity index (χ0n) is 21.6. The molecule has 0 aliphatic rings. The van der Waals surface area contributed by atoms with Crippen LogP contribution < -0.4 is 25.2 Å². The van der Waals surface area contributed by atoms with Crippen molar-refractivity contribution in [2.24, 2.45) is 5.10 Å². The SMILES string of the molecule is COc1cc(C(=O)N/N=C(\C)c2c(-c3ccccc3)[nH]n(-c3ccc([N+](=O)[O-])cc3)c2=O)cc(OC)c1OC. The summed E-state index contributed by atoms with van der Waals surface area (Å²) in [6.07, 6.45) is 0. The molecule has 0 spiro atoms. The number of nitrogens with one attached hydrogen (secondary N) is 2. The van der Waals surface area contributed by atoms with Crippen molar-refractivity contribution in [2.75, 3.05) is 21.3 Å². The maximum atomic E-state index is 13.5. The van der Waals surface area contributed by atoms with E-state index in [1.54, 1.807) is 6.92 Å². The Morgan fingerprint density at radius 1 is 0.974 bits per heavy atom. The van der Waals surface area contributed by atoms with Crippen molar-refractivity contribution in [1.82, 2.24) is 15.2 Å². The van der Waals surface area contributed by atoms with Crippen molar-refractivity contribution in [2.45, 2.75) is 6.92 Å². The largest absolute Gasteiger partial charge is 0.493 e. The van der Waals surface area contributed by atoms with Crippen LogP contribution in [0, 0.1) is 10.1 Å². The number of amides is 1. The molecule has 12 heteroatoms. The van der Waals surface area contributed by atoms with Crippen molar-refractivity contribution in [3.8, 4) is 34.2 Å². The standard InChI is InChI=1S/C27H25N5O7/c1-16(28-29-26(33)18-14-21(37-2)25(39-4)22(15-18)38-3)23-24(17-8-6-5-7-9-17)30-31(27(23)34)19-10-12-20(13-11-19)32(35)36/h5-15,30H,1-4H3,(H,29,33)/b28-16+. The Morgan fingerprint density at radius 2 is 1.59 bits per heavy atom. The molecule has 0 aliphatic heterocycles. The zero-order chi connectivity index (χ0) is 28.1. The third-order valence-corrected chi connectivity index (χ3v) is 5.89. The summed E-state index contributed by atoms with van der Waals surface area (Å²) in [6, 6.07) is 17.6. The zero-order valence-corrected chi connectivity index (χ0v) is 21.6. The summed E-state index contributed by atoms with van der Waals surface area (Å²) >= 11 is 0. The fraction of sp³-hybridized carbons (Fsp3) is 0.148. The van der Waals surface area contributed by atoms with Crippen LogP contribution in [-0.2, 0) is 0 Å². The number of carbonyl (C=O) groups is 1. The van der Waals surface area contributed by atoms with Crippen LogP contribution in [0.4, 0.5) is 5.69 Å². The van der Waals surface area contributed by atoms with Crippen LogP contribution in [-0.4, -0.2) is 47.7 Å². The Hall–Kier alpha value is -5.39. The number of aromatic amines is 1. The lowest BCUT2D eigenvalue weighted by atomic mass is 10.1. The highest BCUT2D eigenvalue weighted by atomic mass is 16.6. The molecule has 3 aromatic carbocycles. The van der Waals surface area contributed by atoms with Gasteiger partial charge in [0, 0.05) is 23.3 Å². The van der Waals surface area contributed by atoms with Crippen molar-refractivity contribution >= 4 is 17.3 Å². The second kappa shape index (κ2) is 11.3. The molecular weight excluding hydrogens is 506 g/mol. The van der Waals surface area contributed by atoms with E-state index in [-0.39, 0.29) is 22.5 Å². The molecule has 4 rings (SSSR count). The van der Waals surface area contributed by atoms with Crippen LogP contribution in [0.1, 0.15) is 22.8 Å². The van der Waals surface area contributed by atoms with Gasteiger partial charge in [0.2, 0.25) is 5.75 Å². The molecule has 2 N–H and O–H groups in total. The number of nitrogens with zero attached hydrogens (tertiary/aromatic N) is 3. The van der Waals surface area contributed by atoms with Crippen LogP contribution in [0.3, 0.4) is 0 Å². The third kappa shape index (κ3) is 5.34. The van der Waals surface area contributed by atoms with Crippen LogP contribution in [0.25, 0.3) is 16.9 Å². The Morgan fingerprint density at radius 3 is 2.13 bits per heavy atom. The fourth-order valence-electron chi connectivity index (χ4n) is 3.96. The highest BCUT2D eigenvalue weighted by Gasteiger charge is 2.21. The Kier molecular flexibility index (Phi) is 7.75. The van der Waals surface area contributed by atoms with Gasteiger partial charge in [0.05, 0.1) is 48.9 Å². The van der Waals surface area contributed by atoms with Gasteiger partial charge >= 0.3 is 0 Å². The number of hydrazone groups is 1. The number of nitro groups is 1. The number of ether oxygens (including phenoxy) is 3. The molecule has 200 valence electrons. The van der Waals surface area contributed by atoms with Crippen LogP contribution >= 0.6 is 0 Å². The van der Waals surface area contributed by atoms with E-state index in [1.807, 2.05) is 30.3 Å². The number of nitro benzene ring substituents is 1. The molecule has 0 radical (unpaired) electrons. The molecule has 0 saturated carbocycles. The highest BCUT2D eigenvalue weighted by molar-refractivity contribution is 6.04. The molecule has 1 aromatic heterocycles. The first-order valence-corrected chi connectivity index (χ1v) is 11.6. The van der Waals surface area contributed by atoms with Crippen LogP contribution in [0.15, 0.2) is 76.6 Å². The molecule has 4 aromatic rings. The molecular formula is C27H25N5O7. The van der Waals surface area contributed by atoms with Crippen LogP contribution in [0.5, 0.6) is 17.2 Å². The smallest absolute Gasteiger partial charge is 0.281 e.